The van der Waals surface area contributed by atoms with Crippen LogP contribution < -0.4 is 5.32 Å². The second-order valence-corrected chi connectivity index (χ2v) is 10.4. The molecule has 194 valence electrons. The molecule has 0 radical (unpaired) electrons. The highest BCUT2D eigenvalue weighted by atomic mass is 35.5. The molecule has 2 aliphatic rings. The summed E-state index contributed by atoms with van der Waals surface area (Å²) in [6.07, 6.45) is -2.12. The van der Waals surface area contributed by atoms with Crippen LogP contribution in [-0.2, 0) is 4.79 Å². The molecule has 9 heteroatoms. The van der Waals surface area contributed by atoms with E-state index in [4.69, 9.17) is 11.6 Å². The summed E-state index contributed by atoms with van der Waals surface area (Å²) in [5.74, 6) is -1.72. The molecule has 0 unspecified atom stereocenters. The summed E-state index contributed by atoms with van der Waals surface area (Å²) in [5.41, 5.74) is 1.29. The molecule has 0 aromatic heterocycles. The van der Waals surface area contributed by atoms with Crippen LogP contribution in [0.1, 0.15) is 41.1 Å². The molecule has 0 bridgehead atoms. The largest absolute Gasteiger partial charge is 0.404 e. The number of amides is 2. The zero-order valence-electron chi connectivity index (χ0n) is 20.4. The number of carbonyl (C=O) groups is 2. The van der Waals surface area contributed by atoms with Gasteiger partial charge in [-0.1, -0.05) is 41.9 Å². The summed E-state index contributed by atoms with van der Waals surface area (Å²) in [6.45, 7) is 1.48. The molecule has 2 fully saturated rings. The van der Waals surface area contributed by atoms with Crippen molar-refractivity contribution in [2.75, 3.05) is 39.0 Å². The van der Waals surface area contributed by atoms with Gasteiger partial charge >= 0.3 is 6.18 Å². The highest BCUT2D eigenvalue weighted by molar-refractivity contribution is 6.34. The first-order chi connectivity index (χ1) is 17.1. The third-order valence-electron chi connectivity index (χ3n) is 7.32. The number of likely N-dealkylation sites (tertiary alicyclic amines) is 1. The lowest BCUT2D eigenvalue weighted by Gasteiger charge is -2.35. The van der Waals surface area contributed by atoms with Crippen LogP contribution in [0, 0.1) is 17.8 Å². The first-order valence-corrected chi connectivity index (χ1v) is 12.6. The predicted octanol–water partition coefficient (Wildman–Crippen LogP) is 5.67. The van der Waals surface area contributed by atoms with Crippen molar-refractivity contribution >= 4 is 29.1 Å². The molecule has 1 saturated carbocycles. The first kappa shape index (κ1) is 26.3. The quantitative estimate of drug-likeness (QED) is 0.510. The fourth-order valence-electron chi connectivity index (χ4n) is 5.22. The maximum absolute atomic E-state index is 13.7. The van der Waals surface area contributed by atoms with Crippen LogP contribution >= 0.6 is 11.6 Å². The minimum absolute atomic E-state index is 0.00956. The number of hydrogen-bond donors (Lipinski definition) is 1. The number of alkyl halides is 3. The van der Waals surface area contributed by atoms with Gasteiger partial charge in [0.1, 0.15) is 0 Å². The summed E-state index contributed by atoms with van der Waals surface area (Å²) in [5, 5.41) is 3.79. The van der Waals surface area contributed by atoms with Gasteiger partial charge in [0.15, 0.2) is 5.92 Å². The molecule has 5 nitrogen and oxygen atoms in total. The van der Waals surface area contributed by atoms with E-state index in [1.165, 1.54) is 34.1 Å². The zero-order chi connectivity index (χ0) is 26.0. The van der Waals surface area contributed by atoms with E-state index in [-0.39, 0.29) is 11.5 Å². The monoisotopic (exact) mass is 521 g/mol. The SMILES string of the molecule is CN(C)C(=O)c1ccc(NC[C@H]2C[C@H]2C2CCN(C(=O)[C@H](c3ccccc3)C(F)(F)F)CC2)cc1Cl. The van der Waals surface area contributed by atoms with E-state index < -0.39 is 18.0 Å². The van der Waals surface area contributed by atoms with Crippen LogP contribution in [-0.4, -0.2) is 61.5 Å². The van der Waals surface area contributed by atoms with Crippen LogP contribution in [0.25, 0.3) is 0 Å². The minimum Gasteiger partial charge on any atom is -0.385 e. The molecular weight excluding hydrogens is 491 g/mol. The Labute approximate surface area is 214 Å². The van der Waals surface area contributed by atoms with Crippen molar-refractivity contribution in [1.29, 1.82) is 0 Å². The lowest BCUT2D eigenvalue weighted by Crippen LogP contribution is -2.45. The Bertz CT molecular complexity index is 1090. The van der Waals surface area contributed by atoms with Gasteiger partial charge in [0, 0.05) is 39.4 Å². The summed E-state index contributed by atoms with van der Waals surface area (Å²) in [6, 6.07) is 12.7. The Balaban J connectivity index is 1.27. The Kier molecular flexibility index (Phi) is 7.83. The average Bonchev–Trinajstić information content (AvgIpc) is 3.62. The number of hydrogen-bond acceptors (Lipinski definition) is 3. The van der Waals surface area contributed by atoms with E-state index in [9.17, 15) is 22.8 Å². The van der Waals surface area contributed by atoms with E-state index >= 15 is 0 Å². The molecule has 2 aromatic carbocycles. The number of carbonyl (C=O) groups excluding carboxylic acids is 2. The van der Waals surface area contributed by atoms with Gasteiger partial charge in [-0.05, 0) is 60.8 Å². The third-order valence-corrected chi connectivity index (χ3v) is 7.63. The van der Waals surface area contributed by atoms with Crippen molar-refractivity contribution in [3.05, 3.63) is 64.7 Å². The Morgan fingerprint density at radius 2 is 1.78 bits per heavy atom. The van der Waals surface area contributed by atoms with E-state index in [0.29, 0.717) is 41.4 Å². The fourth-order valence-corrected chi connectivity index (χ4v) is 5.48. The van der Waals surface area contributed by atoms with Crippen LogP contribution in [0.15, 0.2) is 48.5 Å². The molecule has 2 aromatic rings. The van der Waals surface area contributed by atoms with E-state index in [0.717, 1.165) is 31.5 Å². The summed E-state index contributed by atoms with van der Waals surface area (Å²) in [7, 11) is 3.35. The molecule has 3 atom stereocenters. The minimum atomic E-state index is -4.62. The van der Waals surface area contributed by atoms with E-state index in [1.807, 2.05) is 6.07 Å². The maximum atomic E-state index is 13.7. The van der Waals surface area contributed by atoms with Crippen molar-refractivity contribution in [2.45, 2.75) is 31.4 Å². The van der Waals surface area contributed by atoms with Gasteiger partial charge in [-0.25, -0.2) is 0 Å². The normalized spacial score (nSPS) is 21.1. The maximum Gasteiger partial charge on any atom is 0.404 e. The van der Waals surface area contributed by atoms with Crippen molar-refractivity contribution < 1.29 is 22.8 Å². The molecule has 1 heterocycles. The van der Waals surface area contributed by atoms with E-state index in [1.54, 1.807) is 32.3 Å². The Morgan fingerprint density at radius 1 is 1.11 bits per heavy atom. The summed E-state index contributed by atoms with van der Waals surface area (Å²) < 4.78 is 41.2. The predicted molar refractivity (Wildman–Crippen MR) is 134 cm³/mol. The molecule has 1 N–H and O–H groups in total. The zero-order valence-corrected chi connectivity index (χ0v) is 21.1. The molecule has 36 heavy (non-hydrogen) atoms. The molecule has 1 aliphatic carbocycles. The van der Waals surface area contributed by atoms with Crippen LogP contribution in [0.3, 0.4) is 0 Å². The van der Waals surface area contributed by atoms with E-state index in [2.05, 4.69) is 5.32 Å². The van der Waals surface area contributed by atoms with Gasteiger partial charge in [-0.15, -0.1) is 0 Å². The van der Waals surface area contributed by atoms with Gasteiger partial charge < -0.3 is 15.1 Å². The summed E-state index contributed by atoms with van der Waals surface area (Å²) >= 11 is 6.29. The molecule has 2 amide bonds. The molecule has 1 aliphatic heterocycles. The number of nitrogens with one attached hydrogen (secondary N) is 1. The van der Waals surface area contributed by atoms with Crippen LogP contribution in [0.2, 0.25) is 5.02 Å². The van der Waals surface area contributed by atoms with Gasteiger partial charge in [0.25, 0.3) is 5.91 Å². The van der Waals surface area contributed by atoms with Crippen LogP contribution in [0.4, 0.5) is 18.9 Å². The Morgan fingerprint density at radius 3 is 2.36 bits per heavy atom. The number of rotatable bonds is 7. The van der Waals surface area contributed by atoms with Crippen molar-refractivity contribution in [3.8, 4) is 0 Å². The number of piperidine rings is 1. The third kappa shape index (κ3) is 5.97. The highest BCUT2D eigenvalue weighted by Gasteiger charge is 2.49. The summed E-state index contributed by atoms with van der Waals surface area (Å²) in [4.78, 5) is 27.9. The van der Waals surface area contributed by atoms with Crippen LogP contribution in [0.5, 0.6) is 0 Å². The topological polar surface area (TPSA) is 52.7 Å². The number of benzene rings is 2. The van der Waals surface area contributed by atoms with Crippen molar-refractivity contribution in [2.24, 2.45) is 17.8 Å². The van der Waals surface area contributed by atoms with Gasteiger partial charge in [0.2, 0.25) is 5.91 Å². The Hall–Kier alpha value is -2.74. The molecular formula is C27H31ClF3N3O2. The lowest BCUT2D eigenvalue weighted by molar-refractivity contribution is -0.173. The first-order valence-electron chi connectivity index (χ1n) is 12.2. The van der Waals surface area contributed by atoms with Crippen molar-refractivity contribution in [1.82, 2.24) is 9.80 Å². The molecule has 4 rings (SSSR count). The number of nitrogens with zero attached hydrogens (tertiary/aromatic N) is 2. The standard InChI is InChI=1S/C27H31ClF3N3O2/c1-33(2)25(35)21-9-8-20(15-23(21)28)32-16-19-14-22(19)17-10-12-34(13-11-17)26(36)24(27(29,30)31)18-6-4-3-5-7-18/h3-9,15,17,19,22,24,32H,10-14,16H2,1-2H3/t19-,22+,24+/m1/s1. The van der Waals surface area contributed by atoms with Gasteiger partial charge in [0.05, 0.1) is 10.6 Å². The van der Waals surface area contributed by atoms with Gasteiger partial charge in [-0.3, -0.25) is 9.59 Å². The van der Waals surface area contributed by atoms with Crippen molar-refractivity contribution in [3.63, 3.8) is 0 Å². The lowest BCUT2D eigenvalue weighted by atomic mass is 9.89. The fraction of sp³-hybridized carbons (Fsp3) is 0.481. The highest BCUT2D eigenvalue weighted by Crippen LogP contribution is 2.48. The molecule has 1 saturated heterocycles. The van der Waals surface area contributed by atoms with Gasteiger partial charge in [-0.2, -0.15) is 13.2 Å². The second kappa shape index (κ2) is 10.7. The smallest absolute Gasteiger partial charge is 0.385 e. The number of anilines is 1. The number of halogens is 4. The molecule has 0 spiro atoms. The second-order valence-electron chi connectivity index (χ2n) is 9.98. The average molecular weight is 522 g/mol.